The maximum absolute atomic E-state index is 13.7. The summed E-state index contributed by atoms with van der Waals surface area (Å²) < 4.78 is 5.09. The number of Topliss-reactive ketones (excluding diaryl/α,β-unsaturated/α-hetero) is 1. The molecule has 0 saturated heterocycles. The van der Waals surface area contributed by atoms with E-state index in [1.165, 1.54) is 7.11 Å². The number of carbonyl (C=O) groups is 2. The fourth-order valence-corrected chi connectivity index (χ4v) is 6.32. The molecule has 0 radical (unpaired) electrons. The highest BCUT2D eigenvalue weighted by molar-refractivity contribution is 6.23. The van der Waals surface area contributed by atoms with Crippen molar-refractivity contribution in [3.63, 3.8) is 0 Å². The molecule has 2 atom stereocenters. The van der Waals surface area contributed by atoms with E-state index in [-0.39, 0.29) is 11.7 Å². The number of hydrogen-bond acceptors (Lipinski definition) is 5. The molecule has 39 heavy (non-hydrogen) atoms. The third-order valence-corrected chi connectivity index (χ3v) is 8.54. The molecule has 198 valence electrons. The number of methoxy groups -OCH3 is 1. The molecule has 8 bridgehead atoms. The molecule has 6 rings (SSSR count). The molecule has 3 aromatic heterocycles. The highest BCUT2D eigenvalue weighted by Crippen LogP contribution is 2.42. The first-order valence-corrected chi connectivity index (χ1v) is 13.4. The molecule has 3 aromatic rings. The van der Waals surface area contributed by atoms with Crippen molar-refractivity contribution in [3.05, 3.63) is 75.4 Å². The molecule has 3 aliphatic rings. The molecule has 7 nitrogen and oxygen atoms in total. The largest absolute Gasteiger partial charge is 0.468 e. The summed E-state index contributed by atoms with van der Waals surface area (Å²) in [5.74, 6) is -1.72. The van der Waals surface area contributed by atoms with E-state index in [2.05, 4.69) is 56.4 Å². The number of H-pyrrole nitrogens is 2. The predicted molar refractivity (Wildman–Crippen MR) is 155 cm³/mol. The SMILES string of the molecule is C=Cc1c(C)c2cc3nc(c4c5[nH]c(cc6nc(cc1[nH]2)C(C)=C6CC)c(C)c5C(=O)[C@@H]4C(=O)OC)C[C@@H]3C. The van der Waals surface area contributed by atoms with Gasteiger partial charge in [0.15, 0.2) is 5.78 Å². The van der Waals surface area contributed by atoms with Gasteiger partial charge in [0.25, 0.3) is 0 Å². The smallest absolute Gasteiger partial charge is 0.321 e. The Labute approximate surface area is 227 Å². The highest BCUT2D eigenvalue weighted by Gasteiger charge is 2.43. The van der Waals surface area contributed by atoms with Crippen LogP contribution in [0.3, 0.4) is 0 Å². The molecule has 2 N–H and O–H groups in total. The zero-order valence-corrected chi connectivity index (χ0v) is 23.2. The first kappa shape index (κ1) is 25.0. The van der Waals surface area contributed by atoms with Crippen LogP contribution in [0.5, 0.6) is 0 Å². The molecule has 5 heterocycles. The number of rotatable bonds is 3. The Bertz CT molecular complexity index is 1820. The third kappa shape index (κ3) is 3.56. The molecule has 0 fully saturated rings. The summed E-state index contributed by atoms with van der Waals surface area (Å²) in [7, 11) is 1.32. The number of allylic oxidation sites excluding steroid dienone is 2. The van der Waals surface area contributed by atoms with E-state index in [0.717, 1.165) is 73.6 Å². The van der Waals surface area contributed by atoms with E-state index in [4.69, 9.17) is 14.7 Å². The van der Waals surface area contributed by atoms with Crippen molar-refractivity contribution in [1.82, 2.24) is 19.9 Å². The fourth-order valence-electron chi connectivity index (χ4n) is 6.32. The van der Waals surface area contributed by atoms with Gasteiger partial charge in [-0.05, 0) is 74.1 Å². The summed E-state index contributed by atoms with van der Waals surface area (Å²) in [5.41, 5.74) is 13.2. The Morgan fingerprint density at radius 2 is 1.79 bits per heavy atom. The number of ketones is 1. The van der Waals surface area contributed by atoms with Crippen molar-refractivity contribution in [2.24, 2.45) is 0 Å². The summed E-state index contributed by atoms with van der Waals surface area (Å²) in [6, 6.07) is 6.18. The number of hydrogen-bond donors (Lipinski definition) is 2. The minimum absolute atomic E-state index is 0.110. The Kier molecular flexibility index (Phi) is 5.72. The normalized spacial score (nSPS) is 18.2. The molecule has 1 aliphatic carbocycles. The standard InChI is InChI=1S/C32H32N4O3/c1-8-18-15(4)21-11-20-14(3)10-26(33-20)28-29(32(38)39-7)31(37)27-17(6)23(36-30(27)28)13-25-19(9-2)16(5)22(35-25)12-24(18)34-21/h8,11-14,29,34,36H,1,9-10H2,2-7H3/t14-,29+/m0/s1. The average Bonchev–Trinajstić information content (AvgIpc) is 3.66. The number of esters is 1. The van der Waals surface area contributed by atoms with Gasteiger partial charge in [-0.3, -0.25) is 14.6 Å². The minimum Gasteiger partial charge on any atom is -0.468 e. The van der Waals surface area contributed by atoms with Crippen LogP contribution in [-0.4, -0.2) is 38.8 Å². The Morgan fingerprint density at radius 3 is 2.49 bits per heavy atom. The van der Waals surface area contributed by atoms with Crippen molar-refractivity contribution in [3.8, 4) is 0 Å². The molecule has 0 amide bonds. The summed E-state index contributed by atoms with van der Waals surface area (Å²) in [4.78, 5) is 43.7. The van der Waals surface area contributed by atoms with Crippen molar-refractivity contribution < 1.29 is 14.3 Å². The maximum Gasteiger partial charge on any atom is 0.321 e. The van der Waals surface area contributed by atoms with Gasteiger partial charge in [-0.1, -0.05) is 26.5 Å². The molecule has 2 aliphatic heterocycles. The lowest BCUT2D eigenvalue weighted by Gasteiger charge is -2.10. The number of ether oxygens (including phenoxy) is 1. The molecular formula is C32H32N4O3. The zero-order chi connectivity index (χ0) is 27.7. The fraction of sp³-hybridized carbons (Fsp3) is 0.312. The lowest BCUT2D eigenvalue weighted by atomic mass is 9.95. The second-order valence-corrected chi connectivity index (χ2v) is 10.7. The lowest BCUT2D eigenvalue weighted by Crippen LogP contribution is -2.20. The maximum atomic E-state index is 13.7. The van der Waals surface area contributed by atoms with Gasteiger partial charge in [-0.15, -0.1) is 0 Å². The van der Waals surface area contributed by atoms with Crippen molar-refractivity contribution in [1.29, 1.82) is 0 Å². The summed E-state index contributed by atoms with van der Waals surface area (Å²) in [6.07, 6.45) is 3.32. The van der Waals surface area contributed by atoms with Crippen LogP contribution in [-0.2, 0) is 16.0 Å². The van der Waals surface area contributed by atoms with Crippen molar-refractivity contribution in [2.45, 2.75) is 59.3 Å². The topological polar surface area (TPSA) is 101 Å². The monoisotopic (exact) mass is 520 g/mol. The second kappa shape index (κ2) is 8.90. The van der Waals surface area contributed by atoms with E-state index in [0.29, 0.717) is 23.1 Å². The van der Waals surface area contributed by atoms with Crippen LogP contribution in [0, 0.1) is 13.8 Å². The van der Waals surface area contributed by atoms with Crippen molar-refractivity contribution in [2.75, 3.05) is 7.11 Å². The average molecular weight is 521 g/mol. The van der Waals surface area contributed by atoms with E-state index >= 15 is 0 Å². The molecule has 0 spiro atoms. The van der Waals surface area contributed by atoms with E-state index in [1.807, 2.05) is 19.1 Å². The number of carbonyl (C=O) groups excluding carboxylic acids is 2. The van der Waals surface area contributed by atoms with Gasteiger partial charge in [0.1, 0.15) is 5.92 Å². The quantitative estimate of drug-likeness (QED) is 0.295. The number of aryl methyl sites for hydroxylation is 2. The summed E-state index contributed by atoms with van der Waals surface area (Å²) in [5, 5.41) is 0. The van der Waals surface area contributed by atoms with E-state index < -0.39 is 11.9 Å². The first-order valence-electron chi connectivity index (χ1n) is 13.4. The molecular weight excluding hydrogens is 488 g/mol. The van der Waals surface area contributed by atoms with Crippen LogP contribution in [0.15, 0.2) is 24.8 Å². The van der Waals surface area contributed by atoms with Gasteiger partial charge in [0.2, 0.25) is 0 Å². The van der Waals surface area contributed by atoms with Crippen LogP contribution in [0.4, 0.5) is 0 Å². The number of aromatic nitrogens is 4. The van der Waals surface area contributed by atoms with Crippen LogP contribution >= 0.6 is 0 Å². The molecule has 7 heteroatoms. The molecule has 0 unspecified atom stereocenters. The van der Waals surface area contributed by atoms with E-state index in [9.17, 15) is 9.59 Å². The van der Waals surface area contributed by atoms with E-state index in [1.54, 1.807) is 0 Å². The van der Waals surface area contributed by atoms with Gasteiger partial charge < -0.3 is 14.7 Å². The first-order chi connectivity index (χ1) is 18.7. The van der Waals surface area contributed by atoms with Crippen LogP contribution in [0.25, 0.3) is 39.3 Å². The van der Waals surface area contributed by atoms with Crippen LogP contribution < -0.4 is 0 Å². The Morgan fingerprint density at radius 1 is 1.08 bits per heavy atom. The van der Waals surface area contributed by atoms with Gasteiger partial charge >= 0.3 is 5.97 Å². The van der Waals surface area contributed by atoms with Gasteiger partial charge in [0.05, 0.1) is 24.0 Å². The zero-order valence-electron chi connectivity index (χ0n) is 23.2. The highest BCUT2D eigenvalue weighted by atomic mass is 16.5. The predicted octanol–water partition coefficient (Wildman–Crippen LogP) is 6.71. The van der Waals surface area contributed by atoms with Crippen LogP contribution in [0.2, 0.25) is 0 Å². The van der Waals surface area contributed by atoms with Gasteiger partial charge in [-0.2, -0.15) is 0 Å². The number of aromatic amines is 2. The van der Waals surface area contributed by atoms with Crippen molar-refractivity contribution >= 4 is 51.0 Å². The summed E-state index contributed by atoms with van der Waals surface area (Å²) in [6.45, 7) is 14.4. The number of nitrogens with one attached hydrogen (secondary N) is 2. The summed E-state index contributed by atoms with van der Waals surface area (Å²) >= 11 is 0. The Hall–Kier alpha value is -4.26. The lowest BCUT2D eigenvalue weighted by molar-refractivity contribution is -0.141. The second-order valence-electron chi connectivity index (χ2n) is 10.7. The van der Waals surface area contributed by atoms with Gasteiger partial charge in [-0.25, -0.2) is 4.98 Å². The Balaban J connectivity index is 1.82. The molecule has 0 saturated carbocycles. The number of nitrogens with zero attached hydrogens (tertiary/aromatic N) is 2. The number of fused-ring (bicyclic) bond motifs is 8. The van der Waals surface area contributed by atoms with Gasteiger partial charge in [0, 0.05) is 50.5 Å². The minimum atomic E-state index is -1.02. The van der Waals surface area contributed by atoms with Crippen LogP contribution in [0.1, 0.15) is 94.4 Å². The molecule has 0 aromatic carbocycles. The third-order valence-electron chi connectivity index (χ3n) is 8.54.